The van der Waals surface area contributed by atoms with E-state index in [-0.39, 0.29) is 48.0 Å². The SMILES string of the molecule is COc1ccc2ccc(=O)n(CCN[C@H]3CC[C@H]4[C@@H](C3)OC(=O)N4c3ncc4c(n3)NC(=O)CO4)c2n1. The Morgan fingerprint density at radius 3 is 2.89 bits per heavy atom. The zero-order valence-electron chi connectivity index (χ0n) is 20.0. The number of methoxy groups -OCH3 is 1. The third-order valence-corrected chi connectivity index (χ3v) is 6.90. The molecule has 3 aromatic rings. The number of fused-ring (bicyclic) bond motifs is 3. The molecule has 3 atom stereocenters. The van der Waals surface area contributed by atoms with Crippen LogP contribution < -0.4 is 30.6 Å². The molecule has 0 unspecified atom stereocenters. The van der Waals surface area contributed by atoms with Crippen molar-refractivity contribution in [3.05, 3.63) is 40.8 Å². The van der Waals surface area contributed by atoms with Crippen LogP contribution in [0, 0.1) is 0 Å². The number of carbonyl (C=O) groups is 2. The number of aromatic nitrogens is 4. The molecular weight excluding hydrogens is 482 g/mol. The molecule has 2 aliphatic heterocycles. The fourth-order valence-corrected chi connectivity index (χ4v) is 5.11. The summed E-state index contributed by atoms with van der Waals surface area (Å²) < 4.78 is 17.8. The lowest BCUT2D eigenvalue weighted by molar-refractivity contribution is -0.118. The Balaban J connectivity index is 1.11. The van der Waals surface area contributed by atoms with Crippen molar-refractivity contribution in [2.24, 2.45) is 0 Å². The third kappa shape index (κ3) is 4.31. The van der Waals surface area contributed by atoms with Crippen molar-refractivity contribution in [2.45, 2.75) is 44.0 Å². The first kappa shape index (κ1) is 23.2. The highest BCUT2D eigenvalue weighted by Crippen LogP contribution is 2.36. The summed E-state index contributed by atoms with van der Waals surface area (Å²) in [5.41, 5.74) is 0.440. The molecule has 13 heteroatoms. The second-order valence-electron chi connectivity index (χ2n) is 9.13. The van der Waals surface area contributed by atoms with Gasteiger partial charge in [-0.15, -0.1) is 0 Å². The van der Waals surface area contributed by atoms with Crippen molar-refractivity contribution in [1.82, 2.24) is 24.8 Å². The Hall–Kier alpha value is -4.26. The first-order valence-electron chi connectivity index (χ1n) is 12.1. The van der Waals surface area contributed by atoms with E-state index in [9.17, 15) is 14.4 Å². The van der Waals surface area contributed by atoms with E-state index in [1.807, 2.05) is 6.07 Å². The lowest BCUT2D eigenvalue weighted by Gasteiger charge is -2.32. The monoisotopic (exact) mass is 507 g/mol. The fraction of sp³-hybridized carbons (Fsp3) is 0.417. The van der Waals surface area contributed by atoms with Gasteiger partial charge in [0.1, 0.15) is 11.8 Å². The van der Waals surface area contributed by atoms with Gasteiger partial charge in [-0.2, -0.15) is 9.97 Å². The Kier molecular flexibility index (Phi) is 5.83. The van der Waals surface area contributed by atoms with E-state index in [0.29, 0.717) is 43.2 Å². The average molecular weight is 508 g/mol. The van der Waals surface area contributed by atoms with Crippen molar-refractivity contribution < 1.29 is 23.8 Å². The van der Waals surface area contributed by atoms with Crippen molar-refractivity contribution >= 4 is 34.8 Å². The maximum atomic E-state index is 12.7. The maximum absolute atomic E-state index is 12.7. The Bertz CT molecular complexity index is 1440. The maximum Gasteiger partial charge on any atom is 0.417 e. The summed E-state index contributed by atoms with van der Waals surface area (Å²) in [5.74, 6) is 0.907. The lowest BCUT2D eigenvalue weighted by atomic mass is 9.88. The summed E-state index contributed by atoms with van der Waals surface area (Å²) in [4.78, 5) is 51.4. The molecule has 0 radical (unpaired) electrons. The minimum atomic E-state index is -0.513. The van der Waals surface area contributed by atoms with Crippen LogP contribution in [0.1, 0.15) is 19.3 Å². The highest BCUT2D eigenvalue weighted by Gasteiger charge is 2.47. The molecule has 0 spiro atoms. The number of nitrogens with one attached hydrogen (secondary N) is 2. The van der Waals surface area contributed by atoms with Crippen LogP contribution in [-0.4, -0.2) is 70.0 Å². The average Bonchev–Trinajstić information content (AvgIpc) is 3.24. The minimum absolute atomic E-state index is 0.0968. The first-order chi connectivity index (χ1) is 18.0. The third-order valence-electron chi connectivity index (χ3n) is 6.90. The van der Waals surface area contributed by atoms with Crippen molar-refractivity contribution in [3.8, 4) is 11.6 Å². The molecule has 2 amide bonds. The van der Waals surface area contributed by atoms with Crippen molar-refractivity contribution in [2.75, 3.05) is 30.5 Å². The van der Waals surface area contributed by atoms with Gasteiger partial charge in [0.05, 0.1) is 19.3 Å². The first-order valence-corrected chi connectivity index (χ1v) is 12.1. The summed E-state index contributed by atoms with van der Waals surface area (Å²) in [7, 11) is 1.54. The Labute approximate surface area is 210 Å². The molecule has 5 heterocycles. The molecule has 1 saturated carbocycles. The quantitative estimate of drug-likeness (QED) is 0.496. The molecule has 2 N–H and O–H groups in total. The fourth-order valence-electron chi connectivity index (χ4n) is 5.11. The number of hydrogen-bond donors (Lipinski definition) is 2. The van der Waals surface area contributed by atoms with Gasteiger partial charge in [0.15, 0.2) is 18.2 Å². The molecule has 2 fully saturated rings. The van der Waals surface area contributed by atoms with Crippen LogP contribution in [0.5, 0.6) is 11.6 Å². The molecular formula is C24H25N7O6. The molecule has 192 valence electrons. The number of anilines is 2. The molecule has 1 aliphatic carbocycles. The minimum Gasteiger partial charge on any atom is -0.481 e. The predicted octanol–water partition coefficient (Wildman–Crippen LogP) is 1.06. The van der Waals surface area contributed by atoms with Gasteiger partial charge in [-0.3, -0.25) is 14.2 Å². The predicted molar refractivity (Wildman–Crippen MR) is 131 cm³/mol. The molecule has 37 heavy (non-hydrogen) atoms. The largest absolute Gasteiger partial charge is 0.481 e. The summed E-state index contributed by atoms with van der Waals surface area (Å²) in [6, 6.07) is 6.83. The number of ether oxygens (including phenoxy) is 3. The second kappa shape index (κ2) is 9.32. The van der Waals surface area contributed by atoms with Crippen molar-refractivity contribution in [3.63, 3.8) is 0 Å². The van der Waals surface area contributed by atoms with E-state index in [1.165, 1.54) is 17.2 Å². The highest BCUT2D eigenvalue weighted by atomic mass is 16.6. The van der Waals surface area contributed by atoms with Gasteiger partial charge < -0.3 is 24.8 Å². The molecule has 3 aliphatic rings. The van der Waals surface area contributed by atoms with E-state index in [2.05, 4.69) is 25.6 Å². The summed E-state index contributed by atoms with van der Waals surface area (Å²) >= 11 is 0. The Morgan fingerprint density at radius 1 is 1.16 bits per heavy atom. The molecule has 0 bridgehead atoms. The zero-order valence-corrected chi connectivity index (χ0v) is 20.0. The number of nitrogens with zero attached hydrogens (tertiary/aromatic N) is 5. The molecule has 6 rings (SSSR count). The van der Waals surface area contributed by atoms with E-state index < -0.39 is 6.09 Å². The van der Waals surface area contributed by atoms with Gasteiger partial charge in [-0.1, -0.05) is 0 Å². The lowest BCUT2D eigenvalue weighted by Crippen LogP contribution is -2.47. The number of pyridine rings is 2. The smallest absolute Gasteiger partial charge is 0.417 e. The molecule has 3 aromatic heterocycles. The van der Waals surface area contributed by atoms with Gasteiger partial charge in [0, 0.05) is 43.1 Å². The van der Waals surface area contributed by atoms with Crippen LogP contribution in [0.4, 0.5) is 16.6 Å². The zero-order chi connectivity index (χ0) is 25.5. The number of carbonyl (C=O) groups excluding carboxylic acids is 2. The van der Waals surface area contributed by atoms with E-state index in [1.54, 1.807) is 23.8 Å². The number of amides is 2. The topological polar surface area (TPSA) is 150 Å². The molecule has 13 nitrogen and oxygen atoms in total. The summed E-state index contributed by atoms with van der Waals surface area (Å²) in [5, 5.41) is 6.99. The molecule has 1 saturated heterocycles. The van der Waals surface area contributed by atoms with Gasteiger partial charge in [-0.25, -0.2) is 14.7 Å². The number of rotatable bonds is 6. The van der Waals surface area contributed by atoms with Crippen LogP contribution in [-0.2, 0) is 16.1 Å². The normalized spacial score (nSPS) is 22.6. The van der Waals surface area contributed by atoms with Crippen molar-refractivity contribution in [1.29, 1.82) is 0 Å². The van der Waals surface area contributed by atoms with E-state index in [4.69, 9.17) is 14.2 Å². The second-order valence-corrected chi connectivity index (χ2v) is 9.13. The van der Waals surface area contributed by atoms with Crippen LogP contribution in [0.25, 0.3) is 11.0 Å². The van der Waals surface area contributed by atoms with E-state index >= 15 is 0 Å². The van der Waals surface area contributed by atoms with Crippen LogP contribution in [0.15, 0.2) is 35.3 Å². The highest BCUT2D eigenvalue weighted by molar-refractivity contribution is 5.95. The standard InChI is InChI=1S/C24H25N7O6/c1-35-19-6-2-13-3-7-20(33)30(22(13)28-19)9-8-25-14-4-5-15-16(10-14)37-24(34)31(15)23-26-11-17-21(29-23)27-18(32)12-36-17/h2-3,6-7,11,14-16,25H,4-5,8-10,12H2,1H3,(H,26,27,29,32)/t14-,15-,16+/m0/s1. The van der Waals surface area contributed by atoms with Gasteiger partial charge in [-0.05, 0) is 25.0 Å². The van der Waals surface area contributed by atoms with Gasteiger partial charge >= 0.3 is 6.09 Å². The molecule has 0 aromatic carbocycles. The van der Waals surface area contributed by atoms with Gasteiger partial charge in [0.25, 0.3) is 11.5 Å². The summed E-state index contributed by atoms with van der Waals surface area (Å²) in [6.45, 7) is 0.884. The van der Waals surface area contributed by atoms with Gasteiger partial charge in [0.2, 0.25) is 11.8 Å². The van der Waals surface area contributed by atoms with Crippen LogP contribution in [0.3, 0.4) is 0 Å². The summed E-state index contributed by atoms with van der Waals surface area (Å²) in [6.07, 6.45) is 2.72. The number of hydrogen-bond acceptors (Lipinski definition) is 10. The van der Waals surface area contributed by atoms with Crippen LogP contribution in [0.2, 0.25) is 0 Å². The van der Waals surface area contributed by atoms with E-state index in [0.717, 1.165) is 11.8 Å². The Morgan fingerprint density at radius 2 is 2.03 bits per heavy atom. The van der Waals surface area contributed by atoms with Crippen LogP contribution >= 0.6 is 0 Å².